The Kier molecular flexibility index (Phi) is 11.2. The van der Waals surface area contributed by atoms with Crippen LogP contribution in [0.3, 0.4) is 0 Å². The van der Waals surface area contributed by atoms with Gasteiger partial charge in [0.25, 0.3) is 5.91 Å². The fourth-order valence-electron chi connectivity index (χ4n) is 3.10. The maximum absolute atomic E-state index is 13.4. The van der Waals surface area contributed by atoms with E-state index in [9.17, 15) is 9.18 Å². The zero-order valence-corrected chi connectivity index (χ0v) is 19.5. The fraction of sp³-hybridized carbons (Fsp3) is 0.304. The molecular weight excluding hydrogens is 433 g/mol. The van der Waals surface area contributed by atoms with Crippen molar-refractivity contribution in [3.8, 4) is 0 Å². The molecule has 0 bridgehead atoms. The quantitative estimate of drug-likeness (QED) is 0.196. The van der Waals surface area contributed by atoms with Gasteiger partial charge in [-0.3, -0.25) is 9.80 Å². The number of aliphatic imine (C=N–C) groups is 1. The van der Waals surface area contributed by atoms with E-state index in [0.717, 1.165) is 18.2 Å². The number of anilines is 1. The maximum atomic E-state index is 13.4. The molecule has 32 heavy (non-hydrogen) atoms. The molecule has 0 aliphatic rings. The van der Waals surface area contributed by atoms with E-state index >= 15 is 0 Å². The van der Waals surface area contributed by atoms with Crippen LogP contribution in [0.25, 0.3) is 0 Å². The number of ether oxygens (including phenoxy) is 1. The summed E-state index contributed by atoms with van der Waals surface area (Å²) < 4.78 is 18.2. The van der Waals surface area contributed by atoms with E-state index in [4.69, 9.17) is 27.9 Å². The topological polar surface area (TPSA) is 97.2 Å². The van der Waals surface area contributed by atoms with Gasteiger partial charge in [0.1, 0.15) is 5.83 Å². The number of allylic oxidation sites excluding steroid dienone is 1. The Balaban J connectivity index is 3.25. The molecule has 1 aromatic rings. The number of benzene rings is 1. The van der Waals surface area contributed by atoms with E-state index < -0.39 is 5.83 Å². The minimum Gasteiger partial charge on any atom is -0.447 e. The average molecular weight is 464 g/mol. The zero-order valence-electron chi connectivity index (χ0n) is 18.7. The van der Waals surface area contributed by atoms with Gasteiger partial charge in [0.2, 0.25) is 5.88 Å². The van der Waals surface area contributed by atoms with Crippen LogP contribution < -0.4 is 16.6 Å². The molecule has 1 amide bonds. The molecule has 9 heteroatoms. The molecule has 1 atom stereocenters. The molecule has 7 nitrogen and oxygen atoms in total. The maximum Gasteiger partial charge on any atom is 0.256 e. The molecular formula is C23H31ClFN5O2. The molecule has 0 aliphatic heterocycles. The van der Waals surface area contributed by atoms with E-state index in [1.165, 1.54) is 23.7 Å². The molecule has 0 heterocycles. The molecule has 4 N–H and O–H groups in total. The van der Waals surface area contributed by atoms with Crippen LogP contribution in [-0.4, -0.2) is 30.1 Å². The van der Waals surface area contributed by atoms with Crippen LogP contribution in [-0.2, 0) is 4.74 Å². The van der Waals surface area contributed by atoms with Gasteiger partial charge in [-0.25, -0.2) is 15.2 Å². The Labute approximate surface area is 194 Å². The lowest BCUT2D eigenvalue weighted by Gasteiger charge is -2.31. The summed E-state index contributed by atoms with van der Waals surface area (Å²) >= 11 is 6.15. The number of amides is 1. The summed E-state index contributed by atoms with van der Waals surface area (Å²) in [6.45, 7) is 10.7. The van der Waals surface area contributed by atoms with Crippen LogP contribution in [0, 0.1) is 0 Å². The number of nitrogens with zero attached hydrogens (tertiary/aromatic N) is 3. The normalized spacial score (nSPS) is 12.8. The minimum atomic E-state index is -0.708. The number of carbonyl (C=O) groups excluding carboxylic acids is 1. The van der Waals surface area contributed by atoms with Gasteiger partial charge in [0.05, 0.1) is 29.8 Å². The van der Waals surface area contributed by atoms with Crippen molar-refractivity contribution in [2.75, 3.05) is 12.1 Å². The molecule has 1 aromatic carbocycles. The number of nitrogens with two attached hydrogens (primary N) is 2. The van der Waals surface area contributed by atoms with Gasteiger partial charge in [-0.15, -0.1) is 0 Å². The van der Waals surface area contributed by atoms with Gasteiger partial charge in [-0.2, -0.15) is 0 Å². The first-order valence-electron chi connectivity index (χ1n) is 10.1. The van der Waals surface area contributed by atoms with Gasteiger partial charge in [-0.1, -0.05) is 38.4 Å². The summed E-state index contributed by atoms with van der Waals surface area (Å²) in [6.07, 6.45) is 7.25. The van der Waals surface area contributed by atoms with Crippen molar-refractivity contribution in [3.05, 3.63) is 77.9 Å². The van der Waals surface area contributed by atoms with Gasteiger partial charge in [-0.05, 0) is 43.2 Å². The number of rotatable bonds is 12. The third-order valence-electron chi connectivity index (χ3n) is 4.55. The number of carbonyl (C=O) groups is 1. The molecule has 0 saturated carbocycles. The first-order valence-corrected chi connectivity index (χ1v) is 10.5. The fourth-order valence-corrected chi connectivity index (χ4v) is 3.28. The predicted molar refractivity (Wildman–Crippen MR) is 130 cm³/mol. The average Bonchev–Trinajstić information content (AvgIpc) is 2.75. The Morgan fingerprint density at radius 2 is 2.06 bits per heavy atom. The Morgan fingerprint density at radius 1 is 1.38 bits per heavy atom. The van der Waals surface area contributed by atoms with Crippen LogP contribution in [0.15, 0.2) is 72.3 Å². The monoisotopic (exact) mass is 463 g/mol. The minimum absolute atomic E-state index is 0.00529. The molecule has 0 fully saturated rings. The van der Waals surface area contributed by atoms with E-state index in [1.54, 1.807) is 30.1 Å². The second-order valence-corrected chi connectivity index (χ2v) is 7.35. The first kappa shape index (κ1) is 26.9. The predicted octanol–water partition coefficient (Wildman–Crippen LogP) is 5.03. The third-order valence-corrected chi connectivity index (χ3v) is 4.79. The number of hydrogen-bond donors (Lipinski definition) is 2. The molecule has 0 spiro atoms. The Hall–Kier alpha value is -3.10. The van der Waals surface area contributed by atoms with Gasteiger partial charge < -0.3 is 15.4 Å². The lowest BCUT2D eigenvalue weighted by molar-refractivity contribution is 0.0747. The lowest BCUT2D eigenvalue weighted by atomic mass is 9.99. The van der Waals surface area contributed by atoms with Crippen molar-refractivity contribution in [1.29, 1.82) is 0 Å². The highest BCUT2D eigenvalue weighted by molar-refractivity contribution is 6.31. The van der Waals surface area contributed by atoms with Crippen LogP contribution in [0.2, 0.25) is 5.02 Å². The number of likely N-dealkylation sites (N-methyl/N-ethyl adjacent to an activating group) is 1. The van der Waals surface area contributed by atoms with Crippen molar-refractivity contribution in [2.24, 2.45) is 16.6 Å². The molecule has 0 radical (unpaired) electrons. The molecule has 174 valence electrons. The molecule has 0 aliphatic carbocycles. The summed E-state index contributed by atoms with van der Waals surface area (Å²) in [4.78, 5) is 18.8. The van der Waals surface area contributed by atoms with Crippen molar-refractivity contribution in [1.82, 2.24) is 4.90 Å². The second kappa shape index (κ2) is 13.3. The SMILES string of the molecule is C=C(F)/C=N\C(=C)O/C=C(\CCC)C(CC)N(C)C(=O)c1cc(Cl)ccc1N(N)/C=C\N. The zero-order chi connectivity index (χ0) is 24.3. The number of hydrogen-bond acceptors (Lipinski definition) is 6. The van der Waals surface area contributed by atoms with Gasteiger partial charge in [0.15, 0.2) is 0 Å². The summed E-state index contributed by atoms with van der Waals surface area (Å²) in [5.74, 6) is 5.03. The van der Waals surface area contributed by atoms with E-state index in [2.05, 4.69) is 18.2 Å². The van der Waals surface area contributed by atoms with Crippen LogP contribution in [0.4, 0.5) is 10.1 Å². The summed E-state index contributed by atoms with van der Waals surface area (Å²) in [5.41, 5.74) is 7.07. The highest BCUT2D eigenvalue weighted by atomic mass is 35.5. The third kappa shape index (κ3) is 7.86. The number of hydrazine groups is 1. The van der Waals surface area contributed by atoms with Crippen molar-refractivity contribution in [3.63, 3.8) is 0 Å². The van der Waals surface area contributed by atoms with Crippen LogP contribution in [0.5, 0.6) is 0 Å². The summed E-state index contributed by atoms with van der Waals surface area (Å²) in [6, 6.07) is 4.58. The van der Waals surface area contributed by atoms with Crippen LogP contribution in [0.1, 0.15) is 43.5 Å². The van der Waals surface area contributed by atoms with E-state index in [0.29, 0.717) is 29.1 Å². The molecule has 1 rings (SSSR count). The standard InChI is InChI=1S/C23H31ClFN5O2/c1-6-8-18(15-32-17(4)28-14-16(3)25)21(7-2)29(5)23(31)20-13-19(24)9-10-22(20)30(27)12-11-26/h9-15,21H,3-4,6-8,26-27H2,1-2,5H3/b12-11-,18-15+,28-14-. The van der Waals surface area contributed by atoms with Gasteiger partial charge in [0, 0.05) is 24.5 Å². The second-order valence-electron chi connectivity index (χ2n) is 6.91. The Bertz CT molecular complexity index is 914. The molecule has 1 unspecified atom stereocenters. The summed E-state index contributed by atoms with van der Waals surface area (Å²) in [7, 11) is 1.70. The highest BCUT2D eigenvalue weighted by Crippen LogP contribution is 2.27. The molecule has 0 saturated heterocycles. The van der Waals surface area contributed by atoms with E-state index in [-0.39, 0.29) is 17.8 Å². The van der Waals surface area contributed by atoms with Crippen LogP contribution >= 0.6 is 11.6 Å². The lowest BCUT2D eigenvalue weighted by Crippen LogP contribution is -2.39. The smallest absolute Gasteiger partial charge is 0.256 e. The number of halogens is 2. The summed E-state index contributed by atoms with van der Waals surface area (Å²) in [5, 5.41) is 1.66. The Morgan fingerprint density at radius 3 is 2.62 bits per heavy atom. The molecule has 0 aromatic heterocycles. The largest absolute Gasteiger partial charge is 0.447 e. The van der Waals surface area contributed by atoms with Crippen molar-refractivity contribution >= 4 is 29.4 Å². The highest BCUT2D eigenvalue weighted by Gasteiger charge is 2.26. The van der Waals surface area contributed by atoms with Gasteiger partial charge >= 0.3 is 0 Å². The van der Waals surface area contributed by atoms with Crippen molar-refractivity contribution in [2.45, 2.75) is 39.2 Å². The van der Waals surface area contributed by atoms with E-state index in [1.807, 2.05) is 13.8 Å². The first-order chi connectivity index (χ1) is 15.2. The van der Waals surface area contributed by atoms with Crippen molar-refractivity contribution < 1.29 is 13.9 Å².